The van der Waals surface area contributed by atoms with Crippen molar-refractivity contribution >= 4 is 17.3 Å². The van der Waals surface area contributed by atoms with Gasteiger partial charge in [0.1, 0.15) is 11.5 Å². The number of ether oxygens (including phenoxy) is 2. The molecule has 2 bridgehead atoms. The Hall–Kier alpha value is -1.71. The molecule has 0 aliphatic carbocycles. The first-order valence-corrected chi connectivity index (χ1v) is 8.98. The summed E-state index contributed by atoms with van der Waals surface area (Å²) in [5.74, 6) is 2.29. The molecular weight excluding hydrogens is 322 g/mol. The molecule has 4 rings (SSSR count). The Bertz CT molecular complexity index is 716. The van der Waals surface area contributed by atoms with Crippen molar-refractivity contribution in [3.05, 3.63) is 53.1 Å². The lowest BCUT2D eigenvalue weighted by atomic mass is 9.89. The van der Waals surface area contributed by atoms with Crippen LogP contribution in [0.1, 0.15) is 24.8 Å². The summed E-state index contributed by atoms with van der Waals surface area (Å²) in [6.45, 7) is 3.02. The van der Waals surface area contributed by atoms with Crippen LogP contribution in [0.15, 0.2) is 42.5 Å². The van der Waals surface area contributed by atoms with Crippen LogP contribution in [0.4, 0.5) is 5.69 Å². The minimum atomic E-state index is 0.456. The Kier molecular flexibility index (Phi) is 4.38. The fraction of sp³-hybridized carbons (Fsp3) is 0.400. The van der Waals surface area contributed by atoms with E-state index >= 15 is 0 Å². The average molecular weight is 344 g/mol. The van der Waals surface area contributed by atoms with Crippen LogP contribution in [0.3, 0.4) is 0 Å². The molecule has 2 heterocycles. The summed E-state index contributed by atoms with van der Waals surface area (Å²) in [4.78, 5) is 0. The largest absolute Gasteiger partial charge is 0.457 e. The Morgan fingerprint density at radius 1 is 1.17 bits per heavy atom. The number of anilines is 1. The van der Waals surface area contributed by atoms with Crippen molar-refractivity contribution in [1.82, 2.24) is 0 Å². The van der Waals surface area contributed by atoms with Gasteiger partial charge in [-0.2, -0.15) is 0 Å². The van der Waals surface area contributed by atoms with E-state index in [9.17, 15) is 0 Å². The molecule has 3 atom stereocenters. The van der Waals surface area contributed by atoms with E-state index in [4.69, 9.17) is 21.1 Å². The average Bonchev–Trinajstić information content (AvgIpc) is 3.20. The lowest BCUT2D eigenvalue weighted by Crippen LogP contribution is -2.24. The van der Waals surface area contributed by atoms with Crippen LogP contribution in [0.2, 0.25) is 5.02 Å². The molecule has 2 aromatic rings. The zero-order valence-corrected chi connectivity index (χ0v) is 14.6. The Morgan fingerprint density at radius 2 is 2.00 bits per heavy atom. The molecule has 0 aromatic heterocycles. The standard InChI is InChI=1S/C20H22ClNO2/c1-13-2-5-16(22-12-14-10-18-8-9-19(14)24-18)11-20(13)23-17-6-3-15(21)4-7-17/h2-7,11,14,18-19,22H,8-10,12H2,1H3. The van der Waals surface area contributed by atoms with Crippen LogP contribution in [0.5, 0.6) is 11.5 Å². The number of rotatable bonds is 5. The highest BCUT2D eigenvalue weighted by molar-refractivity contribution is 6.30. The quantitative estimate of drug-likeness (QED) is 0.786. The number of nitrogens with one attached hydrogen (secondary N) is 1. The Balaban J connectivity index is 1.42. The highest BCUT2D eigenvalue weighted by Gasteiger charge is 2.40. The second-order valence-electron chi connectivity index (χ2n) is 6.79. The monoisotopic (exact) mass is 343 g/mol. The molecule has 0 spiro atoms. The minimum Gasteiger partial charge on any atom is -0.457 e. The third-order valence-corrected chi connectivity index (χ3v) is 5.28. The summed E-state index contributed by atoms with van der Waals surface area (Å²) in [7, 11) is 0. The summed E-state index contributed by atoms with van der Waals surface area (Å²) < 4.78 is 11.9. The maximum absolute atomic E-state index is 6.00. The zero-order valence-electron chi connectivity index (χ0n) is 13.8. The van der Waals surface area contributed by atoms with Gasteiger partial charge in [-0.1, -0.05) is 17.7 Å². The highest BCUT2D eigenvalue weighted by Crippen LogP contribution is 2.39. The molecule has 0 radical (unpaired) electrons. The fourth-order valence-corrected chi connectivity index (χ4v) is 3.78. The SMILES string of the molecule is Cc1ccc(NCC2CC3CCC2O3)cc1Oc1ccc(Cl)cc1. The number of hydrogen-bond donors (Lipinski definition) is 1. The van der Waals surface area contributed by atoms with Crippen molar-refractivity contribution in [2.45, 2.75) is 38.4 Å². The first-order chi connectivity index (χ1) is 11.7. The summed E-state index contributed by atoms with van der Waals surface area (Å²) in [6, 6.07) is 13.7. The van der Waals surface area contributed by atoms with Gasteiger partial charge in [0.25, 0.3) is 0 Å². The molecule has 2 aromatic carbocycles. The molecule has 2 fully saturated rings. The molecular formula is C20H22ClNO2. The van der Waals surface area contributed by atoms with E-state index in [-0.39, 0.29) is 0 Å². The van der Waals surface area contributed by atoms with Crippen molar-refractivity contribution in [3.8, 4) is 11.5 Å². The molecule has 126 valence electrons. The van der Waals surface area contributed by atoms with Crippen LogP contribution in [-0.2, 0) is 4.74 Å². The number of halogens is 1. The molecule has 3 unspecified atom stereocenters. The second kappa shape index (κ2) is 6.66. The maximum atomic E-state index is 6.00. The van der Waals surface area contributed by atoms with Gasteiger partial charge in [0.15, 0.2) is 0 Å². The van der Waals surface area contributed by atoms with E-state index < -0.39 is 0 Å². The van der Waals surface area contributed by atoms with Gasteiger partial charge in [-0.25, -0.2) is 0 Å². The molecule has 2 saturated heterocycles. The third-order valence-electron chi connectivity index (χ3n) is 5.03. The zero-order chi connectivity index (χ0) is 16.5. The Labute approximate surface area is 147 Å². The first-order valence-electron chi connectivity index (χ1n) is 8.61. The molecule has 4 heteroatoms. The molecule has 3 nitrogen and oxygen atoms in total. The van der Waals surface area contributed by atoms with E-state index in [1.165, 1.54) is 19.3 Å². The summed E-state index contributed by atoms with van der Waals surface area (Å²) in [6.07, 6.45) is 4.61. The molecule has 1 N–H and O–H groups in total. The normalized spacial score (nSPS) is 25.0. The second-order valence-corrected chi connectivity index (χ2v) is 7.22. The van der Waals surface area contributed by atoms with E-state index in [1.54, 1.807) is 0 Å². The third kappa shape index (κ3) is 3.38. The molecule has 0 amide bonds. The smallest absolute Gasteiger partial charge is 0.132 e. The fourth-order valence-electron chi connectivity index (χ4n) is 3.66. The van der Waals surface area contributed by atoms with Crippen molar-refractivity contribution in [2.75, 3.05) is 11.9 Å². The molecule has 0 saturated carbocycles. The van der Waals surface area contributed by atoms with Gasteiger partial charge in [-0.3, -0.25) is 0 Å². The van der Waals surface area contributed by atoms with E-state index in [1.807, 2.05) is 24.3 Å². The van der Waals surface area contributed by atoms with Crippen LogP contribution in [0.25, 0.3) is 0 Å². The predicted octanol–water partition coefficient (Wildman–Crippen LogP) is 5.42. The van der Waals surface area contributed by atoms with Gasteiger partial charge in [0.05, 0.1) is 12.2 Å². The predicted molar refractivity (Wildman–Crippen MR) is 97.2 cm³/mol. The van der Waals surface area contributed by atoms with Crippen molar-refractivity contribution in [3.63, 3.8) is 0 Å². The summed E-state index contributed by atoms with van der Waals surface area (Å²) >= 11 is 5.93. The van der Waals surface area contributed by atoms with E-state index in [0.29, 0.717) is 23.1 Å². The lowest BCUT2D eigenvalue weighted by molar-refractivity contribution is 0.0941. The van der Waals surface area contributed by atoms with Crippen LogP contribution >= 0.6 is 11.6 Å². The highest BCUT2D eigenvalue weighted by atomic mass is 35.5. The number of fused-ring (bicyclic) bond motifs is 2. The molecule has 2 aliphatic heterocycles. The van der Waals surface area contributed by atoms with Gasteiger partial charge in [-0.05, 0) is 62.1 Å². The van der Waals surface area contributed by atoms with Crippen LogP contribution in [-0.4, -0.2) is 18.8 Å². The van der Waals surface area contributed by atoms with Gasteiger partial charge < -0.3 is 14.8 Å². The van der Waals surface area contributed by atoms with Crippen molar-refractivity contribution in [2.24, 2.45) is 5.92 Å². The topological polar surface area (TPSA) is 30.5 Å². The van der Waals surface area contributed by atoms with Crippen LogP contribution in [0, 0.1) is 12.8 Å². The van der Waals surface area contributed by atoms with Crippen molar-refractivity contribution < 1.29 is 9.47 Å². The number of benzene rings is 2. The van der Waals surface area contributed by atoms with Gasteiger partial charge in [0, 0.05) is 29.2 Å². The Morgan fingerprint density at radius 3 is 2.71 bits per heavy atom. The van der Waals surface area contributed by atoms with Crippen molar-refractivity contribution in [1.29, 1.82) is 0 Å². The summed E-state index contributed by atoms with van der Waals surface area (Å²) in [5.41, 5.74) is 2.20. The van der Waals surface area contributed by atoms with Gasteiger partial charge in [0.2, 0.25) is 0 Å². The van der Waals surface area contributed by atoms with E-state index in [0.717, 1.165) is 29.3 Å². The summed E-state index contributed by atoms with van der Waals surface area (Å²) in [5, 5.41) is 4.26. The van der Waals surface area contributed by atoms with Gasteiger partial charge >= 0.3 is 0 Å². The molecule has 24 heavy (non-hydrogen) atoms. The number of hydrogen-bond acceptors (Lipinski definition) is 3. The van der Waals surface area contributed by atoms with Gasteiger partial charge in [-0.15, -0.1) is 0 Å². The lowest BCUT2D eigenvalue weighted by Gasteiger charge is -2.20. The first kappa shape index (κ1) is 15.8. The van der Waals surface area contributed by atoms with E-state index in [2.05, 4.69) is 30.4 Å². The minimum absolute atomic E-state index is 0.456. The number of aryl methyl sites for hydroxylation is 1. The maximum Gasteiger partial charge on any atom is 0.132 e. The van der Waals surface area contributed by atoms with Crippen LogP contribution < -0.4 is 10.1 Å². The molecule has 2 aliphatic rings.